The Balaban J connectivity index is 2.30. The van der Waals surface area contributed by atoms with Crippen LogP contribution in [-0.2, 0) is 14.3 Å². The van der Waals surface area contributed by atoms with E-state index in [4.69, 9.17) is 4.74 Å². The fraction of sp³-hybridized carbons (Fsp3) is 0.294. The molecule has 2 aliphatic rings. The maximum Gasteiger partial charge on any atom is 0.337 e. The van der Waals surface area contributed by atoms with Crippen LogP contribution in [-0.4, -0.2) is 37.0 Å². The molecule has 2 unspecified atom stereocenters. The highest BCUT2D eigenvalue weighted by Crippen LogP contribution is 2.44. The summed E-state index contributed by atoms with van der Waals surface area (Å²) in [6.45, 7) is -3.01. The summed E-state index contributed by atoms with van der Waals surface area (Å²) in [6.07, 6.45) is -2.37. The molecule has 2 aliphatic heterocycles. The van der Waals surface area contributed by atoms with Gasteiger partial charge in [0, 0.05) is 5.56 Å². The Hall–Kier alpha value is -2.84. The van der Waals surface area contributed by atoms with Gasteiger partial charge in [-0.15, -0.1) is 0 Å². The number of rotatable bonds is 5. The van der Waals surface area contributed by atoms with E-state index < -0.39 is 54.3 Å². The van der Waals surface area contributed by atoms with Crippen molar-refractivity contribution in [2.75, 3.05) is 20.0 Å². The molecule has 0 fully saturated rings. The third-order valence-electron chi connectivity index (χ3n) is 4.31. The van der Waals surface area contributed by atoms with E-state index in [0.29, 0.717) is 0 Å². The van der Waals surface area contributed by atoms with Gasteiger partial charge in [-0.2, -0.15) is 0 Å². The van der Waals surface area contributed by atoms with E-state index >= 15 is 0 Å². The predicted molar refractivity (Wildman–Crippen MR) is 80.7 cm³/mol. The number of benzene rings is 1. The number of carboxylic acid groups (broad SMARTS) is 1. The van der Waals surface area contributed by atoms with E-state index in [2.05, 4.69) is 5.32 Å². The van der Waals surface area contributed by atoms with E-state index in [9.17, 15) is 32.3 Å². The van der Waals surface area contributed by atoms with Gasteiger partial charge < -0.3 is 15.2 Å². The zero-order valence-corrected chi connectivity index (χ0v) is 13.2. The molecule has 2 atom stereocenters. The van der Waals surface area contributed by atoms with Gasteiger partial charge in [0.05, 0.1) is 28.5 Å². The van der Waals surface area contributed by atoms with Crippen molar-refractivity contribution in [2.24, 2.45) is 0 Å². The summed E-state index contributed by atoms with van der Waals surface area (Å²) in [5.41, 5.74) is -1.97. The maximum atomic E-state index is 14.2. The molecule has 138 valence electrons. The minimum atomic E-state index is -2.37. The van der Waals surface area contributed by atoms with E-state index in [-0.39, 0.29) is 29.1 Å². The third kappa shape index (κ3) is 2.73. The van der Waals surface area contributed by atoms with Crippen LogP contribution < -0.4 is 5.32 Å². The van der Waals surface area contributed by atoms with Crippen molar-refractivity contribution in [3.8, 4) is 0 Å². The number of alkyl halides is 3. The van der Waals surface area contributed by atoms with Crippen molar-refractivity contribution in [2.45, 2.75) is 12.1 Å². The summed E-state index contributed by atoms with van der Waals surface area (Å²) in [6, 6.07) is 3.26. The van der Waals surface area contributed by atoms with Crippen molar-refractivity contribution < 1.29 is 37.0 Å². The number of carbonyl (C=O) groups is 2. The van der Waals surface area contributed by atoms with Crippen LogP contribution in [0, 0.1) is 5.82 Å². The van der Waals surface area contributed by atoms with Crippen LogP contribution in [0.1, 0.15) is 23.2 Å². The molecule has 0 saturated carbocycles. The fourth-order valence-electron chi connectivity index (χ4n) is 3.26. The average Bonchev–Trinajstić information content (AvgIpc) is 2.99. The van der Waals surface area contributed by atoms with Crippen LogP contribution >= 0.6 is 0 Å². The highest BCUT2D eigenvalue weighted by molar-refractivity contribution is 6.00. The van der Waals surface area contributed by atoms with Crippen LogP contribution in [0.2, 0.25) is 0 Å². The minimum absolute atomic E-state index is 0.114. The summed E-state index contributed by atoms with van der Waals surface area (Å²) in [4.78, 5) is 23.8. The molecule has 0 amide bonds. The second-order valence-electron chi connectivity index (χ2n) is 5.72. The number of carbonyl (C=O) groups excluding carboxylic acids is 1. The first kappa shape index (κ1) is 18.0. The van der Waals surface area contributed by atoms with E-state index in [1.54, 1.807) is 0 Å². The van der Waals surface area contributed by atoms with Gasteiger partial charge in [-0.1, -0.05) is 12.1 Å². The molecule has 0 saturated heterocycles. The van der Waals surface area contributed by atoms with Crippen LogP contribution in [0.3, 0.4) is 0 Å². The molecule has 2 heterocycles. The van der Waals surface area contributed by atoms with E-state index in [1.807, 2.05) is 0 Å². The second kappa shape index (κ2) is 6.81. The Morgan fingerprint density at radius 3 is 2.73 bits per heavy atom. The van der Waals surface area contributed by atoms with Gasteiger partial charge in [-0.05, 0) is 11.6 Å². The molecule has 1 aromatic carbocycles. The SMILES string of the molecule is O=C(O)C1=C(CF)NC2=C(C(=O)OC2)C1c1cccc(F)c1C(F)CF. The lowest BCUT2D eigenvalue weighted by atomic mass is 9.78. The second-order valence-corrected chi connectivity index (χ2v) is 5.72. The number of esters is 1. The lowest BCUT2D eigenvalue weighted by Crippen LogP contribution is -2.32. The predicted octanol–water partition coefficient (Wildman–Crippen LogP) is 2.61. The highest BCUT2D eigenvalue weighted by Gasteiger charge is 2.43. The van der Waals surface area contributed by atoms with Gasteiger partial charge in [-0.3, -0.25) is 0 Å². The Kier molecular flexibility index (Phi) is 4.71. The molecule has 9 heteroatoms. The minimum Gasteiger partial charge on any atom is -0.478 e. The topological polar surface area (TPSA) is 75.6 Å². The van der Waals surface area contributed by atoms with Crippen LogP contribution in [0.25, 0.3) is 0 Å². The number of carboxylic acids is 1. The Labute approximate surface area is 144 Å². The van der Waals surface area contributed by atoms with Gasteiger partial charge in [-0.25, -0.2) is 27.2 Å². The van der Waals surface area contributed by atoms with Crippen molar-refractivity contribution in [3.05, 3.63) is 57.7 Å². The molecule has 26 heavy (non-hydrogen) atoms. The number of allylic oxidation sites excluding steroid dienone is 1. The first-order chi connectivity index (χ1) is 12.4. The lowest BCUT2D eigenvalue weighted by molar-refractivity contribution is -0.136. The van der Waals surface area contributed by atoms with Crippen molar-refractivity contribution in [3.63, 3.8) is 0 Å². The highest BCUT2D eigenvalue weighted by atomic mass is 19.2. The number of dihydropyridines is 1. The van der Waals surface area contributed by atoms with Crippen molar-refractivity contribution >= 4 is 11.9 Å². The van der Waals surface area contributed by atoms with Gasteiger partial charge in [0.2, 0.25) is 0 Å². The quantitative estimate of drug-likeness (QED) is 0.615. The van der Waals surface area contributed by atoms with Crippen molar-refractivity contribution in [1.82, 2.24) is 5.32 Å². The van der Waals surface area contributed by atoms with Gasteiger partial charge in [0.25, 0.3) is 0 Å². The Morgan fingerprint density at radius 2 is 2.12 bits per heavy atom. The summed E-state index contributed by atoms with van der Waals surface area (Å²) < 4.78 is 59.4. The number of nitrogens with one attached hydrogen (secondary N) is 1. The molecule has 1 aromatic rings. The molecule has 0 bridgehead atoms. The number of ether oxygens (including phenoxy) is 1. The van der Waals surface area contributed by atoms with Crippen LogP contribution in [0.15, 0.2) is 40.7 Å². The molecule has 0 radical (unpaired) electrons. The zero-order chi connectivity index (χ0) is 19.0. The van der Waals surface area contributed by atoms with Crippen LogP contribution in [0.4, 0.5) is 17.6 Å². The lowest BCUT2D eigenvalue weighted by Gasteiger charge is -2.28. The molecule has 0 spiro atoms. The molecular weight excluding hydrogens is 358 g/mol. The normalized spacial score (nSPS) is 20.6. The van der Waals surface area contributed by atoms with E-state index in [1.165, 1.54) is 12.1 Å². The number of halogens is 4. The largest absolute Gasteiger partial charge is 0.478 e. The summed E-state index contributed by atoms with van der Waals surface area (Å²) in [5.74, 6) is -5.04. The molecule has 5 nitrogen and oxygen atoms in total. The first-order valence-corrected chi connectivity index (χ1v) is 7.58. The number of aliphatic carboxylic acids is 1. The molecular formula is C17H13F4NO4. The van der Waals surface area contributed by atoms with Crippen molar-refractivity contribution in [1.29, 1.82) is 0 Å². The number of hydrogen-bond donors (Lipinski definition) is 2. The molecule has 3 rings (SSSR count). The zero-order valence-electron chi connectivity index (χ0n) is 13.2. The molecule has 0 aromatic heterocycles. The van der Waals surface area contributed by atoms with Gasteiger partial charge in [0.15, 0.2) is 6.17 Å². The molecule has 0 aliphatic carbocycles. The smallest absolute Gasteiger partial charge is 0.337 e. The third-order valence-corrected chi connectivity index (χ3v) is 4.31. The fourth-order valence-corrected chi connectivity index (χ4v) is 3.26. The number of hydrogen-bond acceptors (Lipinski definition) is 4. The van der Waals surface area contributed by atoms with E-state index in [0.717, 1.165) is 6.07 Å². The Morgan fingerprint density at radius 1 is 1.38 bits per heavy atom. The summed E-state index contributed by atoms with van der Waals surface area (Å²) >= 11 is 0. The number of cyclic esters (lactones) is 1. The average molecular weight is 371 g/mol. The summed E-state index contributed by atoms with van der Waals surface area (Å²) in [5, 5.41) is 12.0. The maximum absolute atomic E-state index is 14.2. The Bertz CT molecular complexity index is 849. The van der Waals surface area contributed by atoms with Crippen LogP contribution in [0.5, 0.6) is 0 Å². The van der Waals surface area contributed by atoms with Gasteiger partial charge >= 0.3 is 11.9 Å². The molecule has 2 N–H and O–H groups in total. The first-order valence-electron chi connectivity index (χ1n) is 7.58. The summed E-state index contributed by atoms with van der Waals surface area (Å²) in [7, 11) is 0. The standard InChI is InChI=1S/C17H13F4NO4/c18-4-9(21)12-7(2-1-3-8(12)20)13-14(16(23)24)10(5-19)22-11-6-26-17(25)15(11)13/h1-3,9,13,22H,4-6H2,(H,23,24). The monoisotopic (exact) mass is 371 g/mol. The van der Waals surface area contributed by atoms with Gasteiger partial charge in [0.1, 0.15) is 25.8 Å².